The molecule has 0 aliphatic carbocycles. The van der Waals surface area contributed by atoms with Gasteiger partial charge in [0, 0.05) is 0 Å². The van der Waals surface area contributed by atoms with Crippen LogP contribution in [0.2, 0.25) is 0 Å². The topological polar surface area (TPSA) is 35.5 Å². The lowest BCUT2D eigenvalue weighted by Gasteiger charge is -2.15. The summed E-state index contributed by atoms with van der Waals surface area (Å²) in [6.07, 6.45) is 0.324. The zero-order valence-corrected chi connectivity index (χ0v) is 11.6. The maximum atomic E-state index is 11.5. The van der Waals surface area contributed by atoms with E-state index in [-0.39, 0.29) is 5.76 Å². The lowest BCUT2D eigenvalue weighted by molar-refractivity contribution is -0.142. The van der Waals surface area contributed by atoms with E-state index in [0.717, 1.165) is 11.1 Å². The standard InChI is InChI=1S/C12H9Cl3O3/c1-7-2-4-8(5-3-7)6-9-10(16)18-11(17-9)12(13,14)15/h2-6,11H,1H3/b9-6+. The van der Waals surface area contributed by atoms with E-state index >= 15 is 0 Å². The number of halogens is 3. The van der Waals surface area contributed by atoms with Crippen molar-refractivity contribution in [1.29, 1.82) is 0 Å². The first-order valence-corrected chi connectivity index (χ1v) is 6.22. The van der Waals surface area contributed by atoms with Gasteiger partial charge in [-0.2, -0.15) is 0 Å². The first-order chi connectivity index (χ1) is 8.36. The summed E-state index contributed by atoms with van der Waals surface area (Å²) in [4.78, 5) is 11.5. The lowest BCUT2D eigenvalue weighted by atomic mass is 10.1. The molecule has 1 saturated heterocycles. The van der Waals surface area contributed by atoms with E-state index in [1.54, 1.807) is 0 Å². The molecule has 0 bridgehead atoms. The second-order valence-electron chi connectivity index (χ2n) is 3.82. The predicted molar refractivity (Wildman–Crippen MR) is 70.4 cm³/mol. The number of ether oxygens (including phenoxy) is 2. The Morgan fingerprint density at radius 3 is 2.28 bits per heavy atom. The van der Waals surface area contributed by atoms with Crippen molar-refractivity contribution >= 4 is 46.8 Å². The van der Waals surface area contributed by atoms with Gasteiger partial charge in [0.15, 0.2) is 0 Å². The van der Waals surface area contributed by atoms with Gasteiger partial charge in [0.25, 0.3) is 10.1 Å². The molecule has 0 spiro atoms. The van der Waals surface area contributed by atoms with Crippen LogP contribution in [0.3, 0.4) is 0 Å². The second-order valence-corrected chi connectivity index (χ2v) is 6.18. The Bertz CT molecular complexity index is 488. The molecule has 1 aromatic carbocycles. The summed E-state index contributed by atoms with van der Waals surface area (Å²) in [6, 6.07) is 7.53. The summed E-state index contributed by atoms with van der Waals surface area (Å²) >= 11 is 16.8. The average molecular weight is 308 g/mol. The molecular weight excluding hydrogens is 298 g/mol. The van der Waals surface area contributed by atoms with Crippen molar-refractivity contribution in [2.24, 2.45) is 0 Å². The molecule has 1 heterocycles. The maximum absolute atomic E-state index is 11.5. The van der Waals surface area contributed by atoms with Crippen LogP contribution in [0.25, 0.3) is 6.08 Å². The SMILES string of the molecule is Cc1ccc(/C=C2/OC(C(Cl)(Cl)Cl)OC2=O)cc1. The van der Waals surface area contributed by atoms with Crippen LogP contribution < -0.4 is 0 Å². The Morgan fingerprint density at radius 1 is 1.17 bits per heavy atom. The van der Waals surface area contributed by atoms with Crippen molar-refractivity contribution < 1.29 is 14.3 Å². The molecule has 1 aromatic rings. The number of esters is 1. The Labute approximate surface area is 119 Å². The molecule has 0 N–H and O–H groups in total. The third-order valence-corrected chi connectivity index (χ3v) is 2.83. The van der Waals surface area contributed by atoms with Crippen LogP contribution in [0.5, 0.6) is 0 Å². The van der Waals surface area contributed by atoms with Gasteiger partial charge in [0.05, 0.1) is 0 Å². The molecule has 6 heteroatoms. The van der Waals surface area contributed by atoms with Gasteiger partial charge in [0.1, 0.15) is 0 Å². The summed E-state index contributed by atoms with van der Waals surface area (Å²) in [6.45, 7) is 1.97. The van der Waals surface area contributed by atoms with Crippen molar-refractivity contribution in [2.75, 3.05) is 0 Å². The van der Waals surface area contributed by atoms with Crippen molar-refractivity contribution in [2.45, 2.75) is 17.0 Å². The van der Waals surface area contributed by atoms with Crippen LogP contribution in [0.1, 0.15) is 11.1 Å². The Morgan fingerprint density at radius 2 is 1.78 bits per heavy atom. The fraction of sp³-hybridized carbons (Fsp3) is 0.250. The predicted octanol–water partition coefficient (Wildman–Crippen LogP) is 3.61. The third kappa shape index (κ3) is 3.10. The monoisotopic (exact) mass is 306 g/mol. The minimum absolute atomic E-state index is 0.0233. The zero-order valence-electron chi connectivity index (χ0n) is 9.32. The summed E-state index contributed by atoms with van der Waals surface area (Å²) in [5.74, 6) is -0.623. The van der Waals surface area contributed by atoms with E-state index < -0.39 is 16.1 Å². The number of cyclic esters (lactones) is 1. The molecule has 96 valence electrons. The fourth-order valence-corrected chi connectivity index (χ4v) is 1.65. The van der Waals surface area contributed by atoms with Gasteiger partial charge in [0.2, 0.25) is 5.76 Å². The van der Waals surface area contributed by atoms with Gasteiger partial charge in [-0.15, -0.1) is 0 Å². The zero-order chi connectivity index (χ0) is 13.3. The van der Waals surface area contributed by atoms with Gasteiger partial charge < -0.3 is 9.47 Å². The highest BCUT2D eigenvalue weighted by Crippen LogP contribution is 2.37. The minimum atomic E-state index is -1.81. The van der Waals surface area contributed by atoms with Crippen molar-refractivity contribution in [1.82, 2.24) is 0 Å². The number of benzene rings is 1. The normalized spacial score (nSPS) is 21.9. The summed E-state index contributed by atoms with van der Waals surface area (Å²) < 4.78 is 8.17. The number of aryl methyl sites for hydroxylation is 1. The van der Waals surface area contributed by atoms with E-state index in [9.17, 15) is 4.79 Å². The molecule has 1 fully saturated rings. The highest BCUT2D eigenvalue weighted by atomic mass is 35.6. The molecule has 1 aliphatic rings. The van der Waals surface area contributed by atoms with Gasteiger partial charge >= 0.3 is 5.97 Å². The number of carbonyl (C=O) groups excluding carboxylic acids is 1. The smallest absolute Gasteiger partial charge is 0.377 e. The summed E-state index contributed by atoms with van der Waals surface area (Å²) in [5.41, 5.74) is 1.92. The van der Waals surface area contributed by atoms with E-state index in [4.69, 9.17) is 44.3 Å². The number of carbonyl (C=O) groups is 1. The number of rotatable bonds is 1. The van der Waals surface area contributed by atoms with E-state index in [1.165, 1.54) is 6.08 Å². The van der Waals surface area contributed by atoms with Crippen LogP contribution >= 0.6 is 34.8 Å². The van der Waals surface area contributed by atoms with Gasteiger partial charge in [-0.1, -0.05) is 64.6 Å². The number of hydrogen-bond donors (Lipinski definition) is 0. The average Bonchev–Trinajstić information content (AvgIpc) is 2.63. The van der Waals surface area contributed by atoms with Crippen molar-refractivity contribution in [3.8, 4) is 0 Å². The molecule has 18 heavy (non-hydrogen) atoms. The van der Waals surface area contributed by atoms with Crippen LogP contribution in [0.4, 0.5) is 0 Å². The minimum Gasteiger partial charge on any atom is -0.443 e. The molecule has 1 atom stereocenters. The third-order valence-electron chi connectivity index (χ3n) is 2.29. The van der Waals surface area contributed by atoms with Gasteiger partial charge in [-0.3, -0.25) is 0 Å². The largest absolute Gasteiger partial charge is 0.443 e. The fourth-order valence-electron chi connectivity index (χ4n) is 1.38. The van der Waals surface area contributed by atoms with Crippen molar-refractivity contribution in [3.05, 3.63) is 41.2 Å². The molecule has 0 radical (unpaired) electrons. The quantitative estimate of drug-likeness (QED) is 0.452. The number of alkyl halides is 3. The second kappa shape index (κ2) is 5.00. The van der Waals surface area contributed by atoms with E-state index in [2.05, 4.69) is 0 Å². The Balaban J connectivity index is 2.19. The molecule has 0 aromatic heterocycles. The van der Waals surface area contributed by atoms with Gasteiger partial charge in [-0.05, 0) is 18.6 Å². The molecule has 0 saturated carbocycles. The van der Waals surface area contributed by atoms with Crippen LogP contribution in [-0.4, -0.2) is 16.1 Å². The van der Waals surface area contributed by atoms with Crippen LogP contribution in [0, 0.1) is 6.92 Å². The van der Waals surface area contributed by atoms with E-state index in [0.29, 0.717) is 0 Å². The Hall–Kier alpha value is -0.900. The first kappa shape index (κ1) is 13.5. The first-order valence-electron chi connectivity index (χ1n) is 5.09. The van der Waals surface area contributed by atoms with E-state index in [1.807, 2.05) is 31.2 Å². The summed E-state index contributed by atoms with van der Waals surface area (Å²) in [7, 11) is 0. The lowest BCUT2D eigenvalue weighted by Crippen LogP contribution is -2.26. The van der Waals surface area contributed by atoms with Crippen LogP contribution in [0.15, 0.2) is 30.0 Å². The molecule has 1 aliphatic heterocycles. The maximum Gasteiger partial charge on any atom is 0.377 e. The highest BCUT2D eigenvalue weighted by molar-refractivity contribution is 6.68. The molecular formula is C12H9Cl3O3. The van der Waals surface area contributed by atoms with Crippen LogP contribution in [-0.2, 0) is 14.3 Å². The van der Waals surface area contributed by atoms with Gasteiger partial charge in [-0.25, -0.2) is 4.79 Å². The molecule has 3 nitrogen and oxygen atoms in total. The summed E-state index contributed by atoms with van der Waals surface area (Å²) in [5, 5.41) is 0. The van der Waals surface area contributed by atoms with Crippen molar-refractivity contribution in [3.63, 3.8) is 0 Å². The molecule has 0 amide bonds. The highest BCUT2D eigenvalue weighted by Gasteiger charge is 2.44. The number of hydrogen-bond acceptors (Lipinski definition) is 3. The molecule has 1 unspecified atom stereocenters. The molecule has 2 rings (SSSR count). The Kier molecular flexibility index (Phi) is 3.76.